The summed E-state index contributed by atoms with van der Waals surface area (Å²) in [7, 11) is 0. The molecule has 1 aromatic heterocycles. The third kappa shape index (κ3) is 5.36. The fraction of sp³-hybridized carbons (Fsp3) is 0.304. The molecule has 0 saturated carbocycles. The third-order valence-corrected chi connectivity index (χ3v) is 6.59. The number of carbonyl (C=O) groups is 2. The molecule has 0 spiro atoms. The van der Waals surface area contributed by atoms with Gasteiger partial charge in [0.15, 0.2) is 11.0 Å². The average Bonchev–Trinajstić information content (AvgIpc) is 3.21. The van der Waals surface area contributed by atoms with Gasteiger partial charge in [0.25, 0.3) is 0 Å². The van der Waals surface area contributed by atoms with Gasteiger partial charge in [-0.25, -0.2) is 4.39 Å². The molecule has 2 aromatic carbocycles. The van der Waals surface area contributed by atoms with Gasteiger partial charge in [-0.2, -0.15) is 0 Å². The zero-order valence-electron chi connectivity index (χ0n) is 18.0. The lowest BCUT2D eigenvalue weighted by atomic mass is 10.1. The Morgan fingerprint density at radius 1 is 1.18 bits per heavy atom. The highest BCUT2D eigenvalue weighted by molar-refractivity contribution is 7.99. The van der Waals surface area contributed by atoms with Crippen molar-refractivity contribution in [2.45, 2.75) is 31.0 Å². The number of benzene rings is 2. The van der Waals surface area contributed by atoms with Crippen LogP contribution in [0.1, 0.15) is 19.8 Å². The van der Waals surface area contributed by atoms with Crippen molar-refractivity contribution >= 4 is 35.2 Å². The predicted octanol–water partition coefficient (Wildman–Crippen LogP) is 3.95. The number of carbonyl (C=O) groups excluding carboxylic acids is 2. The minimum Gasteiger partial charge on any atom is -0.352 e. The van der Waals surface area contributed by atoms with Crippen LogP contribution in [0.15, 0.2) is 53.7 Å². The van der Waals surface area contributed by atoms with E-state index in [0.717, 1.165) is 12.8 Å². The van der Waals surface area contributed by atoms with E-state index in [-0.39, 0.29) is 29.3 Å². The summed E-state index contributed by atoms with van der Waals surface area (Å²) in [6.07, 6.45) is 1.67. The van der Waals surface area contributed by atoms with Gasteiger partial charge in [0, 0.05) is 31.6 Å². The van der Waals surface area contributed by atoms with E-state index in [0.29, 0.717) is 34.7 Å². The molecule has 33 heavy (non-hydrogen) atoms. The summed E-state index contributed by atoms with van der Waals surface area (Å²) in [4.78, 5) is 26.0. The van der Waals surface area contributed by atoms with Crippen molar-refractivity contribution < 1.29 is 14.0 Å². The minimum atomic E-state index is -0.437. The number of rotatable bonds is 6. The number of amides is 2. The van der Waals surface area contributed by atoms with E-state index < -0.39 is 5.82 Å². The maximum absolute atomic E-state index is 14.7. The van der Waals surface area contributed by atoms with Crippen LogP contribution in [0.2, 0.25) is 5.02 Å². The summed E-state index contributed by atoms with van der Waals surface area (Å²) in [5.41, 5.74) is 0.887. The maximum atomic E-state index is 14.7. The Balaban J connectivity index is 1.58. The van der Waals surface area contributed by atoms with Crippen LogP contribution in [-0.4, -0.2) is 56.4 Å². The number of nitrogens with one attached hydrogen (secondary N) is 1. The molecule has 1 saturated heterocycles. The highest BCUT2D eigenvalue weighted by Crippen LogP contribution is 2.32. The Morgan fingerprint density at radius 3 is 2.70 bits per heavy atom. The molecule has 3 aromatic rings. The molecule has 10 heteroatoms. The molecule has 2 amide bonds. The molecule has 172 valence electrons. The van der Waals surface area contributed by atoms with Crippen molar-refractivity contribution in [3.63, 3.8) is 0 Å². The highest BCUT2D eigenvalue weighted by Gasteiger charge is 2.26. The van der Waals surface area contributed by atoms with E-state index in [1.807, 2.05) is 6.07 Å². The van der Waals surface area contributed by atoms with Gasteiger partial charge in [-0.3, -0.25) is 14.2 Å². The van der Waals surface area contributed by atoms with Crippen LogP contribution in [0.25, 0.3) is 17.1 Å². The lowest BCUT2D eigenvalue weighted by Gasteiger charge is -2.33. The Morgan fingerprint density at radius 2 is 1.94 bits per heavy atom. The SMILES string of the molecule is CC(=O)NC1CCCN(C(=O)CSc2nnc(-c3ccccc3Cl)n2-c2ccccc2F)C1. The number of likely N-dealkylation sites (tertiary alicyclic amines) is 1. The van der Waals surface area contributed by atoms with Gasteiger partial charge in [0.05, 0.1) is 16.5 Å². The van der Waals surface area contributed by atoms with E-state index >= 15 is 0 Å². The molecular weight excluding hydrogens is 465 g/mol. The van der Waals surface area contributed by atoms with Gasteiger partial charge >= 0.3 is 0 Å². The molecule has 4 rings (SSSR count). The first-order valence-corrected chi connectivity index (χ1v) is 11.9. The fourth-order valence-corrected chi connectivity index (χ4v) is 4.93. The van der Waals surface area contributed by atoms with Crippen LogP contribution in [0, 0.1) is 5.82 Å². The molecule has 1 N–H and O–H groups in total. The lowest BCUT2D eigenvalue weighted by molar-refractivity contribution is -0.130. The number of thioether (sulfide) groups is 1. The lowest BCUT2D eigenvalue weighted by Crippen LogP contribution is -2.49. The van der Waals surface area contributed by atoms with E-state index in [1.165, 1.54) is 24.8 Å². The molecule has 0 radical (unpaired) electrons. The molecule has 1 aliphatic heterocycles. The van der Waals surface area contributed by atoms with Crippen LogP contribution < -0.4 is 5.32 Å². The second kappa shape index (κ2) is 10.4. The summed E-state index contributed by atoms with van der Waals surface area (Å²) in [5, 5.41) is 12.3. The number of piperidine rings is 1. The number of hydrogen-bond acceptors (Lipinski definition) is 5. The Labute approximate surface area is 200 Å². The first kappa shape index (κ1) is 23.3. The summed E-state index contributed by atoms with van der Waals surface area (Å²) in [5.74, 6) is -0.106. The van der Waals surface area contributed by atoms with Crippen molar-refractivity contribution in [3.05, 3.63) is 59.4 Å². The second-order valence-electron chi connectivity index (χ2n) is 7.74. The Kier molecular flexibility index (Phi) is 7.29. The molecule has 1 aliphatic rings. The van der Waals surface area contributed by atoms with E-state index in [1.54, 1.807) is 45.9 Å². The number of nitrogens with zero attached hydrogens (tertiary/aromatic N) is 4. The molecule has 1 fully saturated rings. The van der Waals surface area contributed by atoms with Crippen LogP contribution in [0.5, 0.6) is 0 Å². The van der Waals surface area contributed by atoms with E-state index in [9.17, 15) is 14.0 Å². The van der Waals surface area contributed by atoms with Gasteiger partial charge in [0.2, 0.25) is 11.8 Å². The van der Waals surface area contributed by atoms with Crippen molar-refractivity contribution in [3.8, 4) is 17.1 Å². The van der Waals surface area contributed by atoms with Gasteiger partial charge in [-0.1, -0.05) is 47.6 Å². The van der Waals surface area contributed by atoms with Crippen molar-refractivity contribution in [2.24, 2.45) is 0 Å². The first-order valence-electron chi connectivity index (χ1n) is 10.6. The molecule has 2 heterocycles. The smallest absolute Gasteiger partial charge is 0.233 e. The Hall–Kier alpha value is -2.91. The minimum absolute atomic E-state index is 0.0425. The van der Waals surface area contributed by atoms with Crippen LogP contribution in [0.3, 0.4) is 0 Å². The molecular formula is C23H23ClFN5O2S. The number of halogens is 2. The van der Waals surface area contributed by atoms with E-state index in [4.69, 9.17) is 11.6 Å². The molecule has 0 bridgehead atoms. The second-order valence-corrected chi connectivity index (χ2v) is 9.09. The molecule has 1 unspecified atom stereocenters. The largest absolute Gasteiger partial charge is 0.352 e. The van der Waals surface area contributed by atoms with E-state index in [2.05, 4.69) is 15.5 Å². The fourth-order valence-electron chi connectivity index (χ4n) is 3.86. The molecule has 1 atom stereocenters. The monoisotopic (exact) mass is 487 g/mol. The number of para-hydroxylation sites is 1. The standard InChI is InChI=1S/C23H23ClFN5O2S/c1-15(31)26-16-7-6-12-29(13-16)21(32)14-33-23-28-27-22(17-8-2-3-9-18(17)24)30(23)20-11-5-4-10-19(20)25/h2-5,8-11,16H,6-7,12-14H2,1H3,(H,26,31). The van der Waals surface area contributed by atoms with Crippen molar-refractivity contribution in [1.82, 2.24) is 25.0 Å². The zero-order valence-corrected chi connectivity index (χ0v) is 19.6. The van der Waals surface area contributed by atoms with Crippen LogP contribution in [-0.2, 0) is 9.59 Å². The third-order valence-electron chi connectivity index (χ3n) is 5.35. The summed E-state index contributed by atoms with van der Waals surface area (Å²) in [6.45, 7) is 2.59. The van der Waals surface area contributed by atoms with Crippen LogP contribution in [0.4, 0.5) is 4.39 Å². The van der Waals surface area contributed by atoms with Crippen LogP contribution >= 0.6 is 23.4 Å². The van der Waals surface area contributed by atoms with Gasteiger partial charge in [-0.15, -0.1) is 10.2 Å². The summed E-state index contributed by atoms with van der Waals surface area (Å²) in [6, 6.07) is 13.4. The van der Waals surface area contributed by atoms with Gasteiger partial charge < -0.3 is 10.2 Å². The Bertz CT molecular complexity index is 1170. The average molecular weight is 488 g/mol. The normalized spacial score (nSPS) is 16.0. The van der Waals surface area contributed by atoms with Crippen molar-refractivity contribution in [2.75, 3.05) is 18.8 Å². The maximum Gasteiger partial charge on any atom is 0.233 e. The van der Waals surface area contributed by atoms with Crippen molar-refractivity contribution in [1.29, 1.82) is 0 Å². The summed E-state index contributed by atoms with van der Waals surface area (Å²) < 4.78 is 16.3. The quantitative estimate of drug-likeness (QED) is 0.532. The number of hydrogen-bond donors (Lipinski definition) is 1. The zero-order chi connectivity index (χ0) is 23.4. The van der Waals surface area contributed by atoms with Gasteiger partial charge in [-0.05, 0) is 37.1 Å². The van der Waals surface area contributed by atoms with Gasteiger partial charge in [0.1, 0.15) is 5.82 Å². The predicted molar refractivity (Wildman–Crippen MR) is 126 cm³/mol. The highest BCUT2D eigenvalue weighted by atomic mass is 35.5. The molecule has 0 aliphatic carbocycles. The molecule has 7 nitrogen and oxygen atoms in total. The summed E-state index contributed by atoms with van der Waals surface area (Å²) >= 11 is 7.56. The topological polar surface area (TPSA) is 80.1 Å². The number of aromatic nitrogens is 3. The first-order chi connectivity index (χ1) is 15.9.